The van der Waals surface area contributed by atoms with Crippen LogP contribution in [0.2, 0.25) is 0 Å². The molecule has 2 aliphatic carbocycles. The number of ether oxygens (including phenoxy) is 2. The zero-order valence-electron chi connectivity index (χ0n) is 12.5. The van der Waals surface area contributed by atoms with Crippen molar-refractivity contribution in [1.82, 2.24) is 0 Å². The lowest BCUT2D eigenvalue weighted by atomic mass is 9.50. The SMILES string of the molecule is CC1=CC2OC3C(O)C(O)C(C)(C34CO4)C2(CO)C(O)C1O. The van der Waals surface area contributed by atoms with Crippen LogP contribution in [0.25, 0.3) is 0 Å². The summed E-state index contributed by atoms with van der Waals surface area (Å²) in [5, 5.41) is 52.3. The number of aliphatic hydroxyl groups is 5. The zero-order chi connectivity index (χ0) is 16.1. The van der Waals surface area contributed by atoms with Gasteiger partial charge in [-0.25, -0.2) is 0 Å². The average molecular weight is 314 g/mol. The molecule has 1 saturated carbocycles. The lowest BCUT2D eigenvalue weighted by Crippen LogP contribution is -2.72. The Hall–Kier alpha value is -0.540. The molecule has 0 aromatic heterocycles. The van der Waals surface area contributed by atoms with E-state index in [1.54, 1.807) is 19.9 Å². The number of aliphatic hydroxyl groups excluding tert-OH is 5. The molecule has 3 fully saturated rings. The van der Waals surface area contributed by atoms with Gasteiger partial charge in [0.2, 0.25) is 0 Å². The van der Waals surface area contributed by atoms with Crippen molar-refractivity contribution in [3.8, 4) is 0 Å². The highest BCUT2D eigenvalue weighted by molar-refractivity contribution is 5.37. The van der Waals surface area contributed by atoms with Crippen molar-refractivity contribution in [3.63, 3.8) is 0 Å². The van der Waals surface area contributed by atoms with E-state index in [0.29, 0.717) is 5.57 Å². The molecule has 0 amide bonds. The topological polar surface area (TPSA) is 123 Å². The van der Waals surface area contributed by atoms with Crippen LogP contribution in [0.5, 0.6) is 0 Å². The van der Waals surface area contributed by atoms with Crippen LogP contribution in [0.1, 0.15) is 13.8 Å². The van der Waals surface area contributed by atoms with E-state index in [2.05, 4.69) is 0 Å². The summed E-state index contributed by atoms with van der Waals surface area (Å²) in [6.07, 6.45) is -4.67. The van der Waals surface area contributed by atoms with Crippen LogP contribution in [0.4, 0.5) is 0 Å². The summed E-state index contributed by atoms with van der Waals surface area (Å²) in [5.41, 5.74) is -2.89. The van der Waals surface area contributed by atoms with Gasteiger partial charge >= 0.3 is 0 Å². The molecule has 7 heteroatoms. The summed E-state index contributed by atoms with van der Waals surface area (Å²) in [5.74, 6) is 0. The third-order valence-electron chi connectivity index (χ3n) is 6.76. The minimum absolute atomic E-state index is 0.280. The molecular formula is C15H22O7. The maximum Gasteiger partial charge on any atom is 0.129 e. The summed E-state index contributed by atoms with van der Waals surface area (Å²) in [4.78, 5) is 0. The molecule has 7 nitrogen and oxygen atoms in total. The normalized spacial score (nSPS) is 62.8. The molecule has 4 aliphatic rings. The Morgan fingerprint density at radius 3 is 2.41 bits per heavy atom. The number of epoxide rings is 1. The first-order valence-corrected chi connectivity index (χ1v) is 7.59. The molecule has 9 unspecified atom stereocenters. The Kier molecular flexibility index (Phi) is 2.80. The second-order valence-corrected chi connectivity index (χ2v) is 7.29. The van der Waals surface area contributed by atoms with Crippen molar-refractivity contribution in [3.05, 3.63) is 11.6 Å². The van der Waals surface area contributed by atoms with Crippen molar-refractivity contribution < 1.29 is 35.0 Å². The fraction of sp³-hybridized carbons (Fsp3) is 0.867. The first kappa shape index (κ1) is 15.0. The Morgan fingerprint density at radius 1 is 1.23 bits per heavy atom. The van der Waals surface area contributed by atoms with E-state index in [4.69, 9.17) is 9.47 Å². The maximum absolute atomic E-state index is 10.8. The standard InChI is InChI=1S/C15H22O7/c1-6-3-7-14(4-16,11(20)8(6)17)13(2)10(19)9(18)12(22-7)15(13)5-21-15/h3,7-12,16-20H,4-5H2,1-2H3. The van der Waals surface area contributed by atoms with E-state index in [9.17, 15) is 25.5 Å². The number of hydrogen-bond acceptors (Lipinski definition) is 7. The first-order chi connectivity index (χ1) is 10.3. The summed E-state index contributed by atoms with van der Waals surface area (Å²) < 4.78 is 11.5. The molecule has 9 atom stereocenters. The molecule has 0 aromatic rings. The molecule has 5 N–H and O–H groups in total. The van der Waals surface area contributed by atoms with Gasteiger partial charge in [0.05, 0.1) is 36.9 Å². The molecule has 0 radical (unpaired) electrons. The molecule has 2 saturated heterocycles. The van der Waals surface area contributed by atoms with Gasteiger partial charge in [-0.05, 0) is 12.5 Å². The largest absolute Gasteiger partial charge is 0.396 e. The van der Waals surface area contributed by atoms with Crippen molar-refractivity contribution in [2.75, 3.05) is 13.2 Å². The van der Waals surface area contributed by atoms with E-state index in [0.717, 1.165) is 0 Å². The van der Waals surface area contributed by atoms with Gasteiger partial charge in [-0.1, -0.05) is 13.0 Å². The van der Waals surface area contributed by atoms with Gasteiger partial charge in [-0.3, -0.25) is 0 Å². The summed E-state index contributed by atoms with van der Waals surface area (Å²) in [6, 6.07) is 0. The van der Waals surface area contributed by atoms with Crippen LogP contribution >= 0.6 is 0 Å². The minimum Gasteiger partial charge on any atom is -0.396 e. The van der Waals surface area contributed by atoms with Crippen molar-refractivity contribution in [2.24, 2.45) is 10.8 Å². The molecule has 2 heterocycles. The van der Waals surface area contributed by atoms with Crippen LogP contribution in [-0.2, 0) is 9.47 Å². The molecule has 2 aliphatic heterocycles. The Bertz CT molecular complexity index is 544. The zero-order valence-corrected chi connectivity index (χ0v) is 12.5. The maximum atomic E-state index is 10.8. The number of fused-ring (bicyclic) bond motifs is 2. The van der Waals surface area contributed by atoms with E-state index in [1.807, 2.05) is 0 Å². The lowest BCUT2D eigenvalue weighted by Gasteiger charge is -2.60. The van der Waals surface area contributed by atoms with Gasteiger partial charge < -0.3 is 35.0 Å². The van der Waals surface area contributed by atoms with Crippen molar-refractivity contribution >= 4 is 0 Å². The van der Waals surface area contributed by atoms with E-state index in [-0.39, 0.29) is 6.61 Å². The molecule has 4 rings (SSSR count). The Balaban J connectivity index is 1.96. The molecular weight excluding hydrogens is 292 g/mol. The first-order valence-electron chi connectivity index (χ1n) is 7.59. The van der Waals surface area contributed by atoms with Gasteiger partial charge in [-0.15, -0.1) is 0 Å². The minimum atomic E-state index is -1.35. The summed E-state index contributed by atoms with van der Waals surface area (Å²) in [6.45, 7) is 3.15. The quantitative estimate of drug-likeness (QED) is 0.278. The fourth-order valence-electron chi connectivity index (χ4n) is 5.18. The molecule has 0 aromatic carbocycles. The molecule has 1 spiro atoms. The number of rotatable bonds is 1. The van der Waals surface area contributed by atoms with E-state index >= 15 is 0 Å². The monoisotopic (exact) mass is 314 g/mol. The van der Waals surface area contributed by atoms with E-state index < -0.39 is 59.7 Å². The lowest BCUT2D eigenvalue weighted by molar-refractivity contribution is -0.271. The molecule has 124 valence electrons. The predicted octanol–water partition coefficient (Wildman–Crippen LogP) is -2.08. The van der Waals surface area contributed by atoms with Gasteiger partial charge in [0, 0.05) is 5.41 Å². The second kappa shape index (κ2) is 4.10. The van der Waals surface area contributed by atoms with Gasteiger partial charge in [0.1, 0.15) is 23.9 Å². The summed E-state index contributed by atoms with van der Waals surface area (Å²) >= 11 is 0. The number of hydrogen-bond donors (Lipinski definition) is 5. The van der Waals surface area contributed by atoms with Gasteiger partial charge in [-0.2, -0.15) is 0 Å². The summed E-state index contributed by atoms with van der Waals surface area (Å²) in [7, 11) is 0. The van der Waals surface area contributed by atoms with Crippen LogP contribution in [-0.4, -0.2) is 81.0 Å². The fourth-order valence-corrected chi connectivity index (χ4v) is 5.18. The predicted molar refractivity (Wildman–Crippen MR) is 72.8 cm³/mol. The van der Waals surface area contributed by atoms with Crippen molar-refractivity contribution in [2.45, 2.75) is 56.1 Å². The van der Waals surface area contributed by atoms with Crippen LogP contribution in [0.15, 0.2) is 11.6 Å². The van der Waals surface area contributed by atoms with Crippen LogP contribution in [0, 0.1) is 10.8 Å². The smallest absolute Gasteiger partial charge is 0.129 e. The Labute approximate surface area is 127 Å². The third kappa shape index (κ3) is 1.23. The van der Waals surface area contributed by atoms with Crippen LogP contribution in [0.3, 0.4) is 0 Å². The van der Waals surface area contributed by atoms with Crippen LogP contribution < -0.4 is 0 Å². The van der Waals surface area contributed by atoms with Gasteiger partial charge in [0.25, 0.3) is 0 Å². The average Bonchev–Trinajstić information content (AvgIpc) is 3.27. The molecule has 2 bridgehead atoms. The highest BCUT2D eigenvalue weighted by atomic mass is 16.6. The van der Waals surface area contributed by atoms with E-state index in [1.165, 1.54) is 0 Å². The highest BCUT2D eigenvalue weighted by Gasteiger charge is 2.86. The third-order valence-corrected chi connectivity index (χ3v) is 6.76. The van der Waals surface area contributed by atoms with Gasteiger partial charge in [0.15, 0.2) is 0 Å². The molecule has 22 heavy (non-hydrogen) atoms. The van der Waals surface area contributed by atoms with Crippen molar-refractivity contribution in [1.29, 1.82) is 0 Å². The second-order valence-electron chi connectivity index (χ2n) is 7.29. The Morgan fingerprint density at radius 2 is 1.86 bits per heavy atom. The highest BCUT2D eigenvalue weighted by Crippen LogP contribution is 2.71.